The maximum absolute atomic E-state index is 2.39. The van der Waals surface area contributed by atoms with Crippen molar-refractivity contribution in [2.24, 2.45) is 0 Å². The topological polar surface area (TPSA) is 3.24 Å². The molecule has 0 unspecified atom stereocenters. The molecule has 63 heavy (non-hydrogen) atoms. The van der Waals surface area contributed by atoms with Crippen molar-refractivity contribution in [3.05, 3.63) is 261 Å². The van der Waals surface area contributed by atoms with Crippen molar-refractivity contribution in [2.75, 3.05) is 4.90 Å². The Morgan fingerprint density at radius 3 is 1.08 bits per heavy atom. The Morgan fingerprint density at radius 2 is 0.524 bits per heavy atom. The van der Waals surface area contributed by atoms with Gasteiger partial charge in [0.1, 0.15) is 0 Å². The fraction of sp³-hybridized carbons (Fsp3) is 0. The smallest absolute Gasteiger partial charge is 0.0468 e. The van der Waals surface area contributed by atoms with Gasteiger partial charge in [-0.25, -0.2) is 0 Å². The summed E-state index contributed by atoms with van der Waals surface area (Å²) in [6, 6.07) is 94.8. The van der Waals surface area contributed by atoms with Crippen molar-refractivity contribution in [3.8, 4) is 66.8 Å². The van der Waals surface area contributed by atoms with Crippen LogP contribution in [0, 0.1) is 0 Å². The highest BCUT2D eigenvalue weighted by atomic mass is 15.1. The quantitative estimate of drug-likeness (QED) is 0.141. The summed E-state index contributed by atoms with van der Waals surface area (Å²) < 4.78 is 0. The Morgan fingerprint density at radius 1 is 0.175 bits per heavy atom. The molecular formula is C62H43N. The predicted molar refractivity (Wildman–Crippen MR) is 269 cm³/mol. The molecule has 0 aliphatic heterocycles. The van der Waals surface area contributed by atoms with Crippen LogP contribution in [-0.4, -0.2) is 0 Å². The SMILES string of the molecule is c1ccc(-c2ccc(-c3cc(N(c4ccc(-c5ccc6ccccc6c5)cc4)c4ccc(-c5ccc6ccccc6c5)cc4)ccc3-c3ccccc3-c3ccccc3)cc2)cc1. The van der Waals surface area contributed by atoms with Crippen LogP contribution in [0.4, 0.5) is 17.1 Å². The number of hydrogen-bond donors (Lipinski definition) is 0. The molecule has 0 aromatic heterocycles. The van der Waals surface area contributed by atoms with Gasteiger partial charge in [-0.3, -0.25) is 0 Å². The first kappa shape index (κ1) is 37.7. The predicted octanol–water partition coefficient (Wildman–Crippen LogP) is 17.5. The van der Waals surface area contributed by atoms with E-state index in [4.69, 9.17) is 0 Å². The third-order valence-electron chi connectivity index (χ3n) is 12.3. The van der Waals surface area contributed by atoms with Crippen LogP contribution in [-0.2, 0) is 0 Å². The highest BCUT2D eigenvalue weighted by molar-refractivity contribution is 5.95. The zero-order valence-corrected chi connectivity index (χ0v) is 34.8. The van der Waals surface area contributed by atoms with Crippen LogP contribution in [0.3, 0.4) is 0 Å². The van der Waals surface area contributed by atoms with Crippen molar-refractivity contribution < 1.29 is 0 Å². The lowest BCUT2D eigenvalue weighted by Crippen LogP contribution is -2.10. The number of rotatable bonds is 9. The van der Waals surface area contributed by atoms with Gasteiger partial charge in [-0.05, 0) is 137 Å². The molecule has 11 rings (SSSR count). The van der Waals surface area contributed by atoms with Gasteiger partial charge in [-0.1, -0.05) is 212 Å². The molecule has 0 atom stereocenters. The molecule has 0 bridgehead atoms. The Hall–Kier alpha value is -8.26. The maximum atomic E-state index is 2.39. The zero-order chi connectivity index (χ0) is 42.0. The number of anilines is 3. The summed E-state index contributed by atoms with van der Waals surface area (Å²) in [6.45, 7) is 0. The van der Waals surface area contributed by atoms with Crippen molar-refractivity contribution in [1.29, 1.82) is 0 Å². The van der Waals surface area contributed by atoms with Crippen LogP contribution in [0.1, 0.15) is 0 Å². The first-order valence-corrected chi connectivity index (χ1v) is 21.7. The highest BCUT2D eigenvalue weighted by Gasteiger charge is 2.19. The lowest BCUT2D eigenvalue weighted by molar-refractivity contribution is 1.28. The lowest BCUT2D eigenvalue weighted by atomic mass is 9.88. The first-order valence-electron chi connectivity index (χ1n) is 21.7. The number of nitrogens with zero attached hydrogens (tertiary/aromatic N) is 1. The van der Waals surface area contributed by atoms with Gasteiger partial charge in [-0.15, -0.1) is 0 Å². The summed E-state index contributed by atoms with van der Waals surface area (Å²) in [4.78, 5) is 2.39. The summed E-state index contributed by atoms with van der Waals surface area (Å²) >= 11 is 0. The fourth-order valence-corrected chi connectivity index (χ4v) is 9.00. The standard InChI is InChI=1S/C62H43N/c1-3-13-44(14-4-1)47-23-27-51(28-24-47)62-43-58(39-40-61(62)60-22-12-11-21-59(60)50-17-5-2-6-18-50)63(56-35-31-48(32-36-56)54-29-25-45-15-7-9-19-52(45)41-54)57-37-33-49(34-38-57)55-30-26-46-16-8-10-20-53(46)42-55/h1-43H. The van der Waals surface area contributed by atoms with E-state index in [-0.39, 0.29) is 0 Å². The van der Waals surface area contributed by atoms with Crippen molar-refractivity contribution >= 4 is 38.6 Å². The summed E-state index contributed by atoms with van der Waals surface area (Å²) in [5.74, 6) is 0. The van der Waals surface area contributed by atoms with Gasteiger partial charge in [0.2, 0.25) is 0 Å². The minimum absolute atomic E-state index is 1.08. The summed E-state index contributed by atoms with van der Waals surface area (Å²) in [6.07, 6.45) is 0. The second kappa shape index (κ2) is 16.7. The van der Waals surface area contributed by atoms with Gasteiger partial charge in [0.25, 0.3) is 0 Å². The van der Waals surface area contributed by atoms with Gasteiger partial charge in [0, 0.05) is 17.1 Å². The molecule has 0 spiro atoms. The first-order chi connectivity index (χ1) is 31.2. The zero-order valence-electron chi connectivity index (χ0n) is 34.8. The average Bonchev–Trinajstić information content (AvgIpc) is 3.37. The lowest BCUT2D eigenvalue weighted by Gasteiger charge is -2.27. The van der Waals surface area contributed by atoms with Crippen LogP contribution in [0.15, 0.2) is 261 Å². The molecule has 0 aliphatic rings. The number of fused-ring (bicyclic) bond motifs is 2. The van der Waals surface area contributed by atoms with E-state index < -0.39 is 0 Å². The highest BCUT2D eigenvalue weighted by Crippen LogP contribution is 2.44. The Kier molecular flexibility index (Phi) is 9.97. The minimum atomic E-state index is 1.08. The molecule has 0 saturated heterocycles. The van der Waals surface area contributed by atoms with Crippen LogP contribution >= 0.6 is 0 Å². The Bertz CT molecular complexity index is 3230. The second-order valence-corrected chi connectivity index (χ2v) is 16.1. The van der Waals surface area contributed by atoms with Crippen LogP contribution in [0.2, 0.25) is 0 Å². The Balaban J connectivity index is 1.06. The molecule has 0 saturated carbocycles. The van der Waals surface area contributed by atoms with Crippen LogP contribution < -0.4 is 4.90 Å². The molecule has 0 aliphatic carbocycles. The van der Waals surface area contributed by atoms with Crippen LogP contribution in [0.5, 0.6) is 0 Å². The molecule has 11 aromatic carbocycles. The van der Waals surface area contributed by atoms with E-state index in [9.17, 15) is 0 Å². The van der Waals surface area contributed by atoms with Crippen molar-refractivity contribution in [1.82, 2.24) is 0 Å². The second-order valence-electron chi connectivity index (χ2n) is 16.1. The molecule has 0 fully saturated rings. The van der Waals surface area contributed by atoms with E-state index in [1.165, 1.54) is 82.7 Å². The number of benzene rings is 11. The van der Waals surface area contributed by atoms with Crippen LogP contribution in [0.25, 0.3) is 88.3 Å². The van der Waals surface area contributed by atoms with Gasteiger partial charge < -0.3 is 4.90 Å². The normalized spacial score (nSPS) is 11.2. The summed E-state index contributed by atoms with van der Waals surface area (Å²) in [7, 11) is 0. The molecule has 1 nitrogen and oxygen atoms in total. The van der Waals surface area contributed by atoms with Gasteiger partial charge in [-0.2, -0.15) is 0 Å². The largest absolute Gasteiger partial charge is 0.310 e. The molecule has 1 heteroatoms. The van der Waals surface area contributed by atoms with E-state index in [1.807, 2.05) is 0 Å². The molecule has 0 amide bonds. The maximum Gasteiger partial charge on any atom is 0.0468 e. The van der Waals surface area contributed by atoms with Crippen molar-refractivity contribution in [3.63, 3.8) is 0 Å². The molecule has 0 heterocycles. The van der Waals surface area contributed by atoms with E-state index >= 15 is 0 Å². The molecular weight excluding hydrogens is 759 g/mol. The van der Waals surface area contributed by atoms with Gasteiger partial charge in [0.15, 0.2) is 0 Å². The molecule has 11 aromatic rings. The van der Waals surface area contributed by atoms with E-state index in [0.717, 1.165) is 22.6 Å². The third kappa shape index (κ3) is 7.58. The number of hydrogen-bond acceptors (Lipinski definition) is 1. The summed E-state index contributed by atoms with van der Waals surface area (Å²) in [5.41, 5.74) is 17.5. The third-order valence-corrected chi connectivity index (χ3v) is 12.3. The minimum Gasteiger partial charge on any atom is -0.310 e. The molecule has 296 valence electrons. The molecule has 0 N–H and O–H groups in total. The van der Waals surface area contributed by atoms with E-state index in [2.05, 4.69) is 266 Å². The Labute approximate surface area is 369 Å². The van der Waals surface area contributed by atoms with E-state index in [0.29, 0.717) is 0 Å². The molecule has 0 radical (unpaired) electrons. The average molecular weight is 802 g/mol. The van der Waals surface area contributed by atoms with Crippen molar-refractivity contribution in [2.45, 2.75) is 0 Å². The van der Waals surface area contributed by atoms with Gasteiger partial charge in [0.05, 0.1) is 0 Å². The van der Waals surface area contributed by atoms with Gasteiger partial charge >= 0.3 is 0 Å². The summed E-state index contributed by atoms with van der Waals surface area (Å²) in [5, 5.41) is 4.98. The fourth-order valence-electron chi connectivity index (χ4n) is 9.00. The van der Waals surface area contributed by atoms with E-state index in [1.54, 1.807) is 0 Å². The monoisotopic (exact) mass is 801 g/mol.